The van der Waals surface area contributed by atoms with Gasteiger partial charge in [0.1, 0.15) is 17.7 Å². The Morgan fingerprint density at radius 3 is 2.67 bits per heavy atom. The molecule has 206 valence electrons. The second kappa shape index (κ2) is 12.2. The summed E-state index contributed by atoms with van der Waals surface area (Å²) in [5.74, 6) is -0.521. The summed E-state index contributed by atoms with van der Waals surface area (Å²) in [4.78, 5) is 28.4. The number of benzene rings is 2. The molecule has 0 aliphatic carbocycles. The quantitative estimate of drug-likeness (QED) is 0.387. The highest BCUT2D eigenvalue weighted by Crippen LogP contribution is 2.31. The number of piperazine rings is 1. The third kappa shape index (κ3) is 6.90. The van der Waals surface area contributed by atoms with Crippen LogP contribution in [0.15, 0.2) is 55.4 Å². The molecule has 1 aromatic heterocycles. The van der Waals surface area contributed by atoms with E-state index in [-0.39, 0.29) is 17.1 Å². The van der Waals surface area contributed by atoms with Gasteiger partial charge in [0.05, 0.1) is 5.56 Å². The molecule has 2 heterocycles. The van der Waals surface area contributed by atoms with Gasteiger partial charge in [0, 0.05) is 57.1 Å². The van der Waals surface area contributed by atoms with Crippen molar-refractivity contribution in [3.63, 3.8) is 0 Å². The van der Waals surface area contributed by atoms with E-state index in [9.17, 15) is 14.0 Å². The van der Waals surface area contributed by atoms with Gasteiger partial charge in [0.2, 0.25) is 0 Å². The summed E-state index contributed by atoms with van der Waals surface area (Å²) >= 11 is 0. The average Bonchev–Trinajstić information content (AvgIpc) is 3.29. The van der Waals surface area contributed by atoms with Crippen molar-refractivity contribution in [2.45, 2.75) is 32.9 Å². The van der Waals surface area contributed by atoms with Crippen molar-refractivity contribution in [1.29, 1.82) is 0 Å². The Kier molecular flexibility index (Phi) is 8.78. The number of nitrogens with zero attached hydrogens (tertiary/aromatic N) is 3. The Labute approximate surface area is 228 Å². The first-order valence-corrected chi connectivity index (χ1v) is 12.9. The molecule has 0 radical (unpaired) electrons. The zero-order valence-corrected chi connectivity index (χ0v) is 22.8. The molecule has 0 spiro atoms. The Morgan fingerprint density at radius 2 is 2.00 bits per heavy atom. The van der Waals surface area contributed by atoms with E-state index in [0.717, 1.165) is 19.6 Å². The number of amides is 2. The van der Waals surface area contributed by atoms with Crippen molar-refractivity contribution >= 4 is 17.6 Å². The lowest BCUT2D eigenvalue weighted by Crippen LogP contribution is -2.50. The molecular formula is C29H35FN6O3. The molecule has 1 fully saturated rings. The molecule has 2 atom stereocenters. The van der Waals surface area contributed by atoms with Crippen molar-refractivity contribution < 1.29 is 18.7 Å². The summed E-state index contributed by atoms with van der Waals surface area (Å²) in [5.41, 5.74) is 2.28. The van der Waals surface area contributed by atoms with Crippen LogP contribution in [0.25, 0.3) is 0 Å². The molecule has 1 saturated heterocycles. The van der Waals surface area contributed by atoms with Crippen LogP contribution in [0.1, 0.15) is 50.4 Å². The fraction of sp³-hybridized carbons (Fsp3) is 0.345. The molecule has 9 nitrogen and oxygen atoms in total. The van der Waals surface area contributed by atoms with E-state index < -0.39 is 17.9 Å². The summed E-state index contributed by atoms with van der Waals surface area (Å²) in [7, 11) is 1.75. The van der Waals surface area contributed by atoms with E-state index in [1.54, 1.807) is 50.0 Å². The second-order valence-corrected chi connectivity index (χ2v) is 9.90. The Hall–Kier alpha value is -4.02. The van der Waals surface area contributed by atoms with Crippen molar-refractivity contribution in [2.75, 3.05) is 31.5 Å². The van der Waals surface area contributed by atoms with Crippen molar-refractivity contribution in [2.24, 2.45) is 7.05 Å². The third-order valence-electron chi connectivity index (χ3n) is 6.72. The summed E-state index contributed by atoms with van der Waals surface area (Å²) in [6, 6.07) is 10.2. The molecule has 1 aliphatic rings. The normalized spacial score (nSPS) is 16.4. The van der Waals surface area contributed by atoms with Gasteiger partial charge in [-0.2, -0.15) is 5.10 Å². The molecule has 0 saturated carbocycles. The van der Waals surface area contributed by atoms with Gasteiger partial charge in [-0.25, -0.2) is 4.39 Å². The molecule has 3 aromatic rings. The molecule has 0 unspecified atom stereocenters. The number of ether oxygens (including phenoxy) is 1. The van der Waals surface area contributed by atoms with Crippen LogP contribution >= 0.6 is 0 Å². The van der Waals surface area contributed by atoms with E-state index in [2.05, 4.69) is 39.5 Å². The van der Waals surface area contributed by atoms with Crippen LogP contribution < -0.4 is 20.7 Å². The van der Waals surface area contributed by atoms with Crippen LogP contribution in [0.2, 0.25) is 0 Å². The van der Waals surface area contributed by atoms with E-state index in [1.165, 1.54) is 18.3 Å². The van der Waals surface area contributed by atoms with Crippen LogP contribution in [-0.2, 0) is 7.05 Å². The molecule has 4 rings (SSSR count). The van der Waals surface area contributed by atoms with Crippen molar-refractivity contribution in [3.8, 4) is 5.75 Å². The number of aromatic nitrogens is 2. The van der Waals surface area contributed by atoms with E-state index in [0.29, 0.717) is 40.7 Å². The Balaban J connectivity index is 1.70. The van der Waals surface area contributed by atoms with Gasteiger partial charge in [-0.3, -0.25) is 19.2 Å². The number of halogens is 1. The van der Waals surface area contributed by atoms with Gasteiger partial charge in [0.25, 0.3) is 11.8 Å². The van der Waals surface area contributed by atoms with Gasteiger partial charge < -0.3 is 20.7 Å². The molecular weight excluding hydrogens is 499 g/mol. The summed E-state index contributed by atoms with van der Waals surface area (Å²) < 4.78 is 22.7. The number of hydrogen-bond acceptors (Lipinski definition) is 6. The zero-order chi connectivity index (χ0) is 28.1. The maximum atomic E-state index is 14.6. The predicted octanol–water partition coefficient (Wildman–Crippen LogP) is 3.72. The molecule has 10 heteroatoms. The topological polar surface area (TPSA) is 101 Å². The lowest BCUT2D eigenvalue weighted by molar-refractivity contribution is 0.0945. The third-order valence-corrected chi connectivity index (χ3v) is 6.72. The standard InChI is InChI=1S/C29H35FN6O3/c1-6-31-28(37)23-15-22(29(38)33-27-9-11-35(5)34-27)19(3)13-25(23)39-26(17-36-12-10-32-20(4)16-36)21-8-7-18(2)24(30)14-21/h6-9,11,13-15,20,26,32H,1,10,12,16-17H2,2-5H3,(H,31,37)(H,33,34,38)/t20-,26-/m1/s1. The van der Waals surface area contributed by atoms with E-state index in [4.69, 9.17) is 4.74 Å². The highest BCUT2D eigenvalue weighted by Gasteiger charge is 2.26. The Bertz CT molecular complexity index is 1370. The minimum absolute atomic E-state index is 0.165. The maximum absolute atomic E-state index is 14.6. The number of aryl methyl sites for hydroxylation is 3. The molecule has 0 bridgehead atoms. The number of carbonyl (C=O) groups excluding carboxylic acids is 2. The fourth-order valence-electron chi connectivity index (χ4n) is 4.62. The second-order valence-electron chi connectivity index (χ2n) is 9.90. The molecule has 2 amide bonds. The first-order chi connectivity index (χ1) is 18.6. The van der Waals surface area contributed by atoms with E-state index in [1.807, 2.05) is 6.07 Å². The fourth-order valence-corrected chi connectivity index (χ4v) is 4.62. The number of hydrogen-bond donors (Lipinski definition) is 3. The lowest BCUT2D eigenvalue weighted by Gasteiger charge is -2.34. The van der Waals surface area contributed by atoms with Gasteiger partial charge >= 0.3 is 0 Å². The highest BCUT2D eigenvalue weighted by molar-refractivity contribution is 6.07. The number of nitrogens with one attached hydrogen (secondary N) is 3. The van der Waals surface area contributed by atoms with Crippen LogP contribution in [0.3, 0.4) is 0 Å². The first-order valence-electron chi connectivity index (χ1n) is 12.9. The minimum atomic E-state index is -0.562. The van der Waals surface area contributed by atoms with Gasteiger partial charge in [-0.15, -0.1) is 0 Å². The smallest absolute Gasteiger partial charge is 0.258 e. The van der Waals surface area contributed by atoms with Gasteiger partial charge in [-0.1, -0.05) is 18.7 Å². The number of rotatable bonds is 9. The average molecular weight is 535 g/mol. The summed E-state index contributed by atoms with van der Waals surface area (Å²) in [6.07, 6.45) is 2.43. The van der Waals surface area contributed by atoms with Crippen LogP contribution in [0.4, 0.5) is 10.2 Å². The first kappa shape index (κ1) is 28.0. The van der Waals surface area contributed by atoms with Gasteiger partial charge in [0.15, 0.2) is 5.82 Å². The number of carbonyl (C=O) groups is 2. The predicted molar refractivity (Wildman–Crippen MR) is 148 cm³/mol. The summed E-state index contributed by atoms with van der Waals surface area (Å²) in [6.45, 7) is 12.1. The minimum Gasteiger partial charge on any atom is -0.484 e. The lowest BCUT2D eigenvalue weighted by atomic mass is 10.0. The summed E-state index contributed by atoms with van der Waals surface area (Å²) in [5, 5.41) is 12.9. The maximum Gasteiger partial charge on any atom is 0.258 e. The SMILES string of the molecule is C=CNC(=O)c1cc(C(=O)Nc2ccn(C)n2)c(C)cc1O[C@H](CN1CCN[C@H](C)C1)c1ccc(C)c(F)c1. The highest BCUT2D eigenvalue weighted by atomic mass is 19.1. The van der Waals surface area contributed by atoms with E-state index >= 15 is 0 Å². The van der Waals surface area contributed by atoms with Crippen LogP contribution in [-0.4, -0.2) is 58.7 Å². The largest absolute Gasteiger partial charge is 0.484 e. The molecule has 3 N–H and O–H groups in total. The molecule has 2 aromatic carbocycles. The van der Waals surface area contributed by atoms with Crippen molar-refractivity contribution in [1.82, 2.24) is 25.3 Å². The molecule has 39 heavy (non-hydrogen) atoms. The number of anilines is 1. The monoisotopic (exact) mass is 534 g/mol. The van der Waals surface area contributed by atoms with Crippen molar-refractivity contribution in [3.05, 3.63) is 89.0 Å². The zero-order valence-electron chi connectivity index (χ0n) is 22.8. The van der Waals surface area contributed by atoms with Crippen LogP contribution in [0.5, 0.6) is 5.75 Å². The van der Waals surface area contributed by atoms with Gasteiger partial charge in [-0.05, 0) is 61.9 Å². The molecule has 1 aliphatic heterocycles. The Morgan fingerprint density at radius 1 is 1.21 bits per heavy atom. The van der Waals surface area contributed by atoms with Crippen LogP contribution in [0, 0.1) is 19.7 Å².